The lowest BCUT2D eigenvalue weighted by atomic mass is 9.94. The highest BCUT2D eigenvalue weighted by Gasteiger charge is 2.09. The number of hydrogen-bond acceptors (Lipinski definition) is 2. The zero-order valence-corrected chi connectivity index (χ0v) is 11.0. The van der Waals surface area contributed by atoms with Gasteiger partial charge in [0.25, 0.3) is 0 Å². The fourth-order valence-electron chi connectivity index (χ4n) is 2.41. The summed E-state index contributed by atoms with van der Waals surface area (Å²) in [5.74, 6) is -0.586. The monoisotopic (exact) mass is 256 g/mol. The lowest BCUT2D eigenvalue weighted by Gasteiger charge is -2.12. The number of aromatic hydroxyl groups is 1. The van der Waals surface area contributed by atoms with E-state index in [9.17, 15) is 9.90 Å². The van der Waals surface area contributed by atoms with Crippen LogP contribution in [-0.2, 0) is 11.2 Å². The third kappa shape index (κ3) is 2.94. The minimum atomic E-state index is -0.837. The fraction of sp³-hybridized carbons (Fsp3) is 0.188. The number of phenols is 1. The van der Waals surface area contributed by atoms with Crippen molar-refractivity contribution in [2.75, 3.05) is 0 Å². The molecule has 2 aromatic carbocycles. The Balaban J connectivity index is 2.50. The number of phenolic OH excluding ortho intramolecular Hbond substituents is 1. The number of carboxylic acids is 1. The maximum Gasteiger partial charge on any atom is 0.307 e. The average Bonchev–Trinajstić information content (AvgIpc) is 2.26. The Morgan fingerprint density at radius 2 is 1.74 bits per heavy atom. The zero-order valence-electron chi connectivity index (χ0n) is 11.0. The van der Waals surface area contributed by atoms with Crippen molar-refractivity contribution in [3.8, 4) is 16.9 Å². The van der Waals surface area contributed by atoms with E-state index >= 15 is 0 Å². The van der Waals surface area contributed by atoms with E-state index in [0.717, 1.165) is 27.8 Å². The second-order valence-corrected chi connectivity index (χ2v) is 4.73. The van der Waals surface area contributed by atoms with Crippen LogP contribution in [0, 0.1) is 13.8 Å². The summed E-state index contributed by atoms with van der Waals surface area (Å²) in [6, 6.07) is 10.9. The van der Waals surface area contributed by atoms with E-state index in [0.29, 0.717) is 0 Å². The van der Waals surface area contributed by atoms with Crippen molar-refractivity contribution >= 4 is 5.97 Å². The molecule has 0 spiro atoms. The molecule has 0 unspecified atom stereocenters. The molecule has 0 saturated carbocycles. The predicted molar refractivity (Wildman–Crippen MR) is 74.4 cm³/mol. The lowest BCUT2D eigenvalue weighted by Crippen LogP contribution is -2.00. The van der Waals surface area contributed by atoms with E-state index in [1.165, 1.54) is 0 Å². The molecule has 0 saturated heterocycles. The van der Waals surface area contributed by atoms with Crippen LogP contribution < -0.4 is 0 Å². The van der Waals surface area contributed by atoms with Crippen molar-refractivity contribution in [2.24, 2.45) is 0 Å². The van der Waals surface area contributed by atoms with Crippen LogP contribution in [0.4, 0.5) is 0 Å². The van der Waals surface area contributed by atoms with E-state index in [1.807, 2.05) is 38.1 Å². The van der Waals surface area contributed by atoms with Crippen LogP contribution in [0.5, 0.6) is 5.75 Å². The van der Waals surface area contributed by atoms with E-state index in [2.05, 4.69) is 0 Å². The van der Waals surface area contributed by atoms with E-state index < -0.39 is 5.97 Å². The summed E-state index contributed by atoms with van der Waals surface area (Å²) in [5, 5.41) is 18.4. The normalized spacial score (nSPS) is 10.4. The van der Waals surface area contributed by atoms with Gasteiger partial charge in [0.2, 0.25) is 0 Å². The fourth-order valence-corrected chi connectivity index (χ4v) is 2.41. The number of rotatable bonds is 3. The van der Waals surface area contributed by atoms with Crippen LogP contribution >= 0.6 is 0 Å². The lowest BCUT2D eigenvalue weighted by molar-refractivity contribution is -0.136. The average molecular weight is 256 g/mol. The Bertz CT molecular complexity index is 607. The van der Waals surface area contributed by atoms with E-state index in [1.54, 1.807) is 12.1 Å². The minimum absolute atomic E-state index is 0.0179. The molecule has 3 nitrogen and oxygen atoms in total. The van der Waals surface area contributed by atoms with Gasteiger partial charge < -0.3 is 10.2 Å². The first kappa shape index (κ1) is 13.1. The summed E-state index contributed by atoms with van der Waals surface area (Å²) in [4.78, 5) is 10.8. The number of aliphatic carboxylic acids is 1. The Morgan fingerprint density at radius 1 is 1.11 bits per heavy atom. The summed E-state index contributed by atoms with van der Waals surface area (Å²) in [6.07, 6.45) is 0.0179. The molecule has 2 aromatic rings. The maximum atomic E-state index is 10.8. The van der Waals surface area contributed by atoms with Gasteiger partial charge in [-0.2, -0.15) is 0 Å². The molecule has 19 heavy (non-hydrogen) atoms. The molecule has 0 atom stereocenters. The van der Waals surface area contributed by atoms with E-state index in [4.69, 9.17) is 5.11 Å². The molecule has 0 aliphatic heterocycles. The van der Waals surface area contributed by atoms with Gasteiger partial charge in [-0.1, -0.05) is 24.3 Å². The van der Waals surface area contributed by atoms with Gasteiger partial charge in [0.1, 0.15) is 5.75 Å². The second kappa shape index (κ2) is 5.14. The van der Waals surface area contributed by atoms with E-state index in [-0.39, 0.29) is 12.2 Å². The molecule has 98 valence electrons. The summed E-state index contributed by atoms with van der Waals surface area (Å²) >= 11 is 0. The quantitative estimate of drug-likeness (QED) is 0.885. The van der Waals surface area contributed by atoms with Gasteiger partial charge in [0, 0.05) is 0 Å². The molecule has 3 heteroatoms. The molecule has 0 aliphatic carbocycles. The smallest absolute Gasteiger partial charge is 0.307 e. The van der Waals surface area contributed by atoms with Gasteiger partial charge in [-0.3, -0.25) is 4.79 Å². The highest BCUT2D eigenvalue weighted by Crippen LogP contribution is 2.31. The van der Waals surface area contributed by atoms with Crippen LogP contribution in [0.2, 0.25) is 0 Å². The number of hydrogen-bond donors (Lipinski definition) is 2. The molecule has 0 heterocycles. The number of benzene rings is 2. The molecule has 2 N–H and O–H groups in total. The summed E-state index contributed by atoms with van der Waals surface area (Å²) in [6.45, 7) is 3.87. The molecule has 0 fully saturated rings. The molecule has 0 bridgehead atoms. The molecule has 2 rings (SSSR count). The number of aryl methyl sites for hydroxylation is 2. The van der Waals surface area contributed by atoms with Crippen molar-refractivity contribution < 1.29 is 15.0 Å². The van der Waals surface area contributed by atoms with Gasteiger partial charge in [0.05, 0.1) is 6.42 Å². The summed E-state index contributed by atoms with van der Waals surface area (Å²) in [7, 11) is 0. The van der Waals surface area contributed by atoms with Crippen LogP contribution in [-0.4, -0.2) is 16.2 Å². The topological polar surface area (TPSA) is 57.5 Å². The standard InChI is InChI=1S/C16H16O3/c1-10-6-14(17)7-11(2)16(10)13-5-3-4-12(8-13)9-15(18)19/h3-8,17H,9H2,1-2H3,(H,18,19). The molecular formula is C16H16O3. The molecule has 0 aromatic heterocycles. The van der Waals surface area contributed by atoms with Crippen LogP contribution in [0.25, 0.3) is 11.1 Å². The first-order chi connectivity index (χ1) is 8.97. The maximum absolute atomic E-state index is 10.8. The van der Waals surface area contributed by atoms with Gasteiger partial charge in [0.15, 0.2) is 0 Å². The molecule has 0 radical (unpaired) electrons. The third-order valence-corrected chi connectivity index (χ3v) is 3.09. The first-order valence-electron chi connectivity index (χ1n) is 6.08. The Labute approximate surface area is 112 Å². The van der Waals surface area contributed by atoms with Gasteiger partial charge >= 0.3 is 5.97 Å². The molecular weight excluding hydrogens is 240 g/mol. The SMILES string of the molecule is Cc1cc(O)cc(C)c1-c1cccc(CC(=O)O)c1. The Morgan fingerprint density at radius 3 is 2.32 bits per heavy atom. The zero-order chi connectivity index (χ0) is 14.0. The second-order valence-electron chi connectivity index (χ2n) is 4.73. The van der Waals surface area contributed by atoms with Gasteiger partial charge in [-0.05, 0) is 53.8 Å². The number of carboxylic acid groups (broad SMARTS) is 1. The minimum Gasteiger partial charge on any atom is -0.508 e. The van der Waals surface area contributed by atoms with Crippen molar-refractivity contribution in [1.82, 2.24) is 0 Å². The third-order valence-electron chi connectivity index (χ3n) is 3.09. The number of carbonyl (C=O) groups is 1. The summed E-state index contributed by atoms with van der Waals surface area (Å²) in [5.41, 5.74) is 4.76. The highest BCUT2D eigenvalue weighted by atomic mass is 16.4. The van der Waals surface area contributed by atoms with Gasteiger partial charge in [-0.15, -0.1) is 0 Å². The molecule has 0 amide bonds. The van der Waals surface area contributed by atoms with Gasteiger partial charge in [-0.25, -0.2) is 0 Å². The van der Waals surface area contributed by atoms with Crippen LogP contribution in [0.1, 0.15) is 16.7 Å². The first-order valence-corrected chi connectivity index (χ1v) is 6.08. The van der Waals surface area contributed by atoms with Crippen molar-refractivity contribution in [3.63, 3.8) is 0 Å². The summed E-state index contributed by atoms with van der Waals surface area (Å²) < 4.78 is 0. The van der Waals surface area contributed by atoms with Crippen LogP contribution in [0.15, 0.2) is 36.4 Å². The predicted octanol–water partition coefficient (Wildman–Crippen LogP) is 3.30. The Hall–Kier alpha value is -2.29. The van der Waals surface area contributed by atoms with Crippen molar-refractivity contribution in [3.05, 3.63) is 53.1 Å². The van der Waals surface area contributed by atoms with Crippen molar-refractivity contribution in [2.45, 2.75) is 20.3 Å². The highest BCUT2D eigenvalue weighted by molar-refractivity contribution is 5.75. The molecule has 0 aliphatic rings. The van der Waals surface area contributed by atoms with Crippen molar-refractivity contribution in [1.29, 1.82) is 0 Å². The Kier molecular flexibility index (Phi) is 3.56. The van der Waals surface area contributed by atoms with Crippen LogP contribution in [0.3, 0.4) is 0 Å². The largest absolute Gasteiger partial charge is 0.508 e.